The predicted molar refractivity (Wildman–Crippen MR) is 144 cm³/mol. The van der Waals surface area contributed by atoms with E-state index in [0.717, 1.165) is 46.2 Å². The van der Waals surface area contributed by atoms with Crippen LogP contribution in [0.5, 0.6) is 5.75 Å². The van der Waals surface area contributed by atoms with E-state index in [1.165, 1.54) is 11.2 Å². The van der Waals surface area contributed by atoms with Crippen LogP contribution in [0.1, 0.15) is 66.0 Å². The van der Waals surface area contributed by atoms with E-state index in [1.807, 2.05) is 30.7 Å². The molecule has 3 aromatic heterocycles. The molecule has 1 saturated carbocycles. The molecule has 4 aromatic rings. The maximum Gasteiger partial charge on any atom is 0.271 e. The number of nitrogens with two attached hydrogens (primary N) is 1. The normalized spacial score (nSPS) is 14.1. The van der Waals surface area contributed by atoms with Gasteiger partial charge in [0.2, 0.25) is 0 Å². The molecule has 1 amide bonds. The summed E-state index contributed by atoms with van der Waals surface area (Å²) in [5.41, 5.74) is 11.9. The first kappa shape index (κ1) is 25.0. The van der Waals surface area contributed by atoms with Gasteiger partial charge in [-0.2, -0.15) is 5.10 Å². The van der Waals surface area contributed by atoms with Gasteiger partial charge in [-0.05, 0) is 56.9 Å². The number of benzene rings is 1. The highest BCUT2D eigenvalue weighted by Crippen LogP contribution is 2.46. The molecule has 1 aliphatic carbocycles. The number of fused-ring (bicyclic) bond motifs is 1. The molecule has 37 heavy (non-hydrogen) atoms. The maximum atomic E-state index is 12.4. The van der Waals surface area contributed by atoms with E-state index >= 15 is 0 Å². The Morgan fingerprint density at radius 2 is 2.03 bits per heavy atom. The Hall–Kier alpha value is -3.72. The number of ether oxygens (including phenoxy) is 1. The van der Waals surface area contributed by atoms with Crippen LogP contribution in [0.4, 0.5) is 5.82 Å². The van der Waals surface area contributed by atoms with Crippen LogP contribution in [0.25, 0.3) is 22.2 Å². The zero-order chi connectivity index (χ0) is 26.4. The number of hydrogen-bond acceptors (Lipinski definition) is 7. The van der Waals surface area contributed by atoms with E-state index in [1.54, 1.807) is 26.4 Å². The average molecular weight is 520 g/mol. The van der Waals surface area contributed by atoms with E-state index in [-0.39, 0.29) is 11.9 Å². The molecule has 5 rings (SSSR count). The van der Waals surface area contributed by atoms with Crippen molar-refractivity contribution in [3.05, 3.63) is 58.3 Å². The molecule has 10 heteroatoms. The molecule has 0 spiro atoms. The topological polar surface area (TPSA) is 112 Å². The first-order chi connectivity index (χ1) is 17.7. The Morgan fingerprint density at radius 1 is 1.27 bits per heavy atom. The van der Waals surface area contributed by atoms with Crippen molar-refractivity contribution in [1.82, 2.24) is 29.6 Å². The molecule has 9 nitrogen and oxygen atoms in total. The second-order valence-electron chi connectivity index (χ2n) is 9.58. The number of rotatable bonds is 7. The Bertz CT molecular complexity index is 1490. The Balaban J connectivity index is 1.65. The van der Waals surface area contributed by atoms with Gasteiger partial charge >= 0.3 is 0 Å². The molecule has 0 bridgehead atoms. The molecule has 2 N–H and O–H groups in total. The monoisotopic (exact) mass is 519 g/mol. The minimum atomic E-state index is -0.196. The van der Waals surface area contributed by atoms with Crippen molar-refractivity contribution in [2.24, 2.45) is 0 Å². The summed E-state index contributed by atoms with van der Waals surface area (Å²) in [6.45, 7) is 6.48. The second-order valence-corrected chi connectivity index (χ2v) is 9.99. The van der Waals surface area contributed by atoms with Gasteiger partial charge in [-0.25, -0.2) is 14.6 Å². The number of hydrogen-bond donors (Lipinski definition) is 1. The largest absolute Gasteiger partial charge is 0.492 e. The van der Waals surface area contributed by atoms with Gasteiger partial charge in [-0.1, -0.05) is 17.7 Å². The van der Waals surface area contributed by atoms with Crippen LogP contribution in [0.3, 0.4) is 0 Å². The molecule has 3 heterocycles. The van der Waals surface area contributed by atoms with E-state index in [9.17, 15) is 4.79 Å². The lowest BCUT2D eigenvalue weighted by atomic mass is 9.93. The predicted octanol–water partition coefficient (Wildman–Crippen LogP) is 5.02. The van der Waals surface area contributed by atoms with Crippen molar-refractivity contribution in [1.29, 1.82) is 0 Å². The van der Waals surface area contributed by atoms with Gasteiger partial charge in [0, 0.05) is 37.3 Å². The third-order valence-corrected chi connectivity index (χ3v) is 7.11. The minimum Gasteiger partial charge on any atom is -0.492 e. The quantitative estimate of drug-likeness (QED) is 0.365. The van der Waals surface area contributed by atoms with E-state index in [0.29, 0.717) is 40.5 Å². The fourth-order valence-electron chi connectivity index (χ4n) is 4.78. The number of aromatic nitrogens is 5. The number of nitrogen functional groups attached to an aromatic ring is 1. The number of pyridine rings is 1. The van der Waals surface area contributed by atoms with Crippen molar-refractivity contribution in [2.75, 3.05) is 26.4 Å². The molecule has 192 valence electrons. The Morgan fingerprint density at radius 3 is 2.65 bits per heavy atom. The summed E-state index contributed by atoms with van der Waals surface area (Å²) < 4.78 is 7.91. The van der Waals surface area contributed by atoms with Crippen LogP contribution in [-0.4, -0.2) is 56.2 Å². The lowest BCUT2D eigenvalue weighted by molar-refractivity contribution is 0.0822. The number of halogens is 1. The number of nitrogens with zero attached hydrogens (tertiary/aromatic N) is 6. The first-order valence-corrected chi connectivity index (χ1v) is 12.7. The Kier molecular flexibility index (Phi) is 6.49. The lowest BCUT2D eigenvalue weighted by Crippen LogP contribution is -2.22. The van der Waals surface area contributed by atoms with Crippen LogP contribution in [0.2, 0.25) is 5.02 Å². The van der Waals surface area contributed by atoms with Crippen LogP contribution in [0, 0.1) is 6.92 Å². The number of carbonyl (C=O) groups is 1. The first-order valence-electron chi connectivity index (χ1n) is 12.3. The summed E-state index contributed by atoms with van der Waals surface area (Å²) in [4.78, 5) is 27.0. The van der Waals surface area contributed by atoms with Crippen molar-refractivity contribution in [3.8, 4) is 16.9 Å². The number of amides is 1. The molecule has 1 fully saturated rings. The molecule has 1 atom stereocenters. The molecule has 1 aromatic carbocycles. The van der Waals surface area contributed by atoms with Crippen LogP contribution >= 0.6 is 11.6 Å². The standard InChI is InChI=1S/C27H30ClN7O2/c1-6-37-24-19(28)11-18(14(2)21(24)17-9-10-20(30-12-17)27(36)34(4)5)15(3)35-26-22(25(29)31-13-32-26)23(33-35)16-7-8-16/h9-13,15-16H,6-8H2,1-5H3,(H2,29,31,32). The average Bonchev–Trinajstić information content (AvgIpc) is 3.65. The molecule has 0 aliphatic heterocycles. The van der Waals surface area contributed by atoms with Gasteiger partial charge in [-0.15, -0.1) is 0 Å². The lowest BCUT2D eigenvalue weighted by Gasteiger charge is -2.22. The zero-order valence-electron chi connectivity index (χ0n) is 21.6. The van der Waals surface area contributed by atoms with Gasteiger partial charge < -0.3 is 15.4 Å². The van der Waals surface area contributed by atoms with E-state index in [2.05, 4.69) is 21.9 Å². The highest BCUT2D eigenvalue weighted by Gasteiger charge is 2.32. The van der Waals surface area contributed by atoms with Gasteiger partial charge in [0.15, 0.2) is 5.65 Å². The molecule has 0 saturated heterocycles. The van der Waals surface area contributed by atoms with Gasteiger partial charge in [0.25, 0.3) is 5.91 Å². The van der Waals surface area contributed by atoms with Crippen molar-refractivity contribution in [3.63, 3.8) is 0 Å². The van der Waals surface area contributed by atoms with Crippen LogP contribution in [0.15, 0.2) is 30.7 Å². The molecule has 1 unspecified atom stereocenters. The van der Waals surface area contributed by atoms with Crippen molar-refractivity contribution in [2.45, 2.75) is 45.6 Å². The molecule has 1 aliphatic rings. The third-order valence-electron chi connectivity index (χ3n) is 6.83. The molecule has 0 radical (unpaired) electrons. The van der Waals surface area contributed by atoms with Gasteiger partial charge in [0.05, 0.1) is 28.8 Å². The van der Waals surface area contributed by atoms with Crippen molar-refractivity contribution < 1.29 is 9.53 Å². The number of anilines is 1. The summed E-state index contributed by atoms with van der Waals surface area (Å²) in [7, 11) is 3.40. The SMILES string of the molecule is CCOc1c(Cl)cc(C(C)n2nc(C3CC3)c3c(N)ncnc32)c(C)c1-c1ccc(C(=O)N(C)C)nc1. The summed E-state index contributed by atoms with van der Waals surface area (Å²) >= 11 is 6.82. The van der Waals surface area contributed by atoms with E-state index in [4.69, 9.17) is 27.2 Å². The van der Waals surface area contributed by atoms with E-state index < -0.39 is 0 Å². The Labute approximate surface area is 220 Å². The fourth-order valence-corrected chi connectivity index (χ4v) is 5.04. The van der Waals surface area contributed by atoms with Crippen LogP contribution in [-0.2, 0) is 0 Å². The third kappa shape index (κ3) is 4.37. The minimum absolute atomic E-state index is 0.160. The number of carbonyl (C=O) groups excluding carboxylic acids is 1. The van der Waals surface area contributed by atoms with Crippen molar-refractivity contribution >= 4 is 34.4 Å². The summed E-state index contributed by atoms with van der Waals surface area (Å²) in [5, 5.41) is 6.30. The second kappa shape index (κ2) is 9.63. The summed E-state index contributed by atoms with van der Waals surface area (Å²) in [6.07, 6.45) is 5.35. The van der Waals surface area contributed by atoms with Gasteiger partial charge in [-0.3, -0.25) is 9.78 Å². The highest BCUT2D eigenvalue weighted by atomic mass is 35.5. The van der Waals surface area contributed by atoms with Gasteiger partial charge in [0.1, 0.15) is 23.6 Å². The smallest absolute Gasteiger partial charge is 0.271 e. The van der Waals surface area contributed by atoms with Crippen LogP contribution < -0.4 is 10.5 Å². The maximum absolute atomic E-state index is 12.4. The molecular formula is C27H30ClN7O2. The highest BCUT2D eigenvalue weighted by molar-refractivity contribution is 6.32. The summed E-state index contributed by atoms with van der Waals surface area (Å²) in [6, 6.07) is 5.34. The summed E-state index contributed by atoms with van der Waals surface area (Å²) in [5.74, 6) is 1.26. The molecular weight excluding hydrogens is 490 g/mol. The fraction of sp³-hybridized carbons (Fsp3) is 0.370. The zero-order valence-corrected chi connectivity index (χ0v) is 22.4.